The zero-order chi connectivity index (χ0) is 11.4. The van der Waals surface area contributed by atoms with Crippen LogP contribution in [0.2, 0.25) is 0 Å². The smallest absolute Gasteiger partial charge is 0.0246 e. The summed E-state index contributed by atoms with van der Waals surface area (Å²) in [4.78, 5) is 0. The van der Waals surface area contributed by atoms with E-state index in [1.54, 1.807) is 0 Å². The molecule has 0 aromatic rings. The summed E-state index contributed by atoms with van der Waals surface area (Å²) in [6.07, 6.45) is 20.0. The molecule has 88 valence electrons. The van der Waals surface area contributed by atoms with Crippen LogP contribution in [0.25, 0.3) is 0 Å². The number of halogens is 1. The van der Waals surface area contributed by atoms with Crippen molar-refractivity contribution in [3.05, 3.63) is 48.6 Å². The van der Waals surface area contributed by atoms with Crippen molar-refractivity contribution >= 4 is 11.6 Å². The summed E-state index contributed by atoms with van der Waals surface area (Å²) in [7, 11) is 0. The molecule has 2 rings (SSSR count). The Morgan fingerprint density at radius 1 is 1.06 bits per heavy atom. The summed E-state index contributed by atoms with van der Waals surface area (Å²) in [6, 6.07) is 0. The third-order valence-electron chi connectivity index (χ3n) is 1.48. The zero-order valence-electron chi connectivity index (χ0n) is 10.0. The van der Waals surface area contributed by atoms with E-state index in [1.807, 2.05) is 24.3 Å². The Morgan fingerprint density at radius 2 is 1.44 bits per heavy atom. The van der Waals surface area contributed by atoms with Crippen molar-refractivity contribution in [2.75, 3.05) is 5.88 Å². The van der Waals surface area contributed by atoms with Crippen molar-refractivity contribution in [2.24, 2.45) is 5.92 Å². The molecule has 2 heteroatoms. The van der Waals surface area contributed by atoms with E-state index < -0.39 is 0 Å². The van der Waals surface area contributed by atoms with Gasteiger partial charge in [0.25, 0.3) is 0 Å². The van der Waals surface area contributed by atoms with Gasteiger partial charge < -0.3 is 0 Å². The summed E-state index contributed by atoms with van der Waals surface area (Å²) < 4.78 is 0. The van der Waals surface area contributed by atoms with Crippen molar-refractivity contribution < 1.29 is 25.8 Å². The molecule has 0 amide bonds. The number of alkyl halides is 1. The molecule has 0 aromatic carbocycles. The third-order valence-corrected chi connectivity index (χ3v) is 2.10. The van der Waals surface area contributed by atoms with Crippen LogP contribution in [0, 0.1) is 18.1 Å². The molecule has 0 unspecified atom stereocenters. The largest absolute Gasteiger partial charge is 0.273 e. The Hall–Kier alpha value is 0.120. The molecule has 0 spiro atoms. The van der Waals surface area contributed by atoms with Crippen molar-refractivity contribution in [1.82, 2.24) is 0 Å². The first-order valence-corrected chi connectivity index (χ1v) is 5.80. The first kappa shape index (κ1) is 18.5. The average molecular weight is 401 g/mol. The van der Waals surface area contributed by atoms with Crippen LogP contribution in [0.1, 0.15) is 26.7 Å². The zero-order valence-corrected chi connectivity index (χ0v) is 14.4. The van der Waals surface area contributed by atoms with Gasteiger partial charge in [-0.25, -0.2) is 24.3 Å². The molecule has 0 N–H and O–H groups in total. The van der Waals surface area contributed by atoms with Gasteiger partial charge >= 0.3 is 0 Å². The van der Waals surface area contributed by atoms with Crippen molar-refractivity contribution in [2.45, 2.75) is 26.7 Å². The topological polar surface area (TPSA) is 0 Å². The van der Waals surface area contributed by atoms with Gasteiger partial charge in [-0.1, -0.05) is 13.8 Å². The second-order valence-corrected chi connectivity index (χ2v) is 3.86. The van der Waals surface area contributed by atoms with Gasteiger partial charge in [0.1, 0.15) is 0 Å². The van der Waals surface area contributed by atoms with Crippen molar-refractivity contribution in [3.63, 3.8) is 0 Å². The summed E-state index contributed by atoms with van der Waals surface area (Å²) in [5.74, 6) is 1.43. The molecule has 0 heterocycles. The standard InChI is InChI=1S/2C5H5.C4H9Cl.Hf/c2*1-2-4-5-3-1;1-4(2)3-5;/h2*1-3H,4H2;4H,3H2,1-2H3;/q2*-1;;. The molecule has 0 nitrogen and oxygen atoms in total. The van der Waals surface area contributed by atoms with E-state index in [2.05, 4.69) is 38.2 Å². The molecule has 0 aromatic heterocycles. The van der Waals surface area contributed by atoms with Crippen LogP contribution in [0.3, 0.4) is 0 Å². The van der Waals surface area contributed by atoms with E-state index >= 15 is 0 Å². The molecule has 0 radical (unpaired) electrons. The molecule has 2 aliphatic carbocycles. The summed E-state index contributed by atoms with van der Waals surface area (Å²) in [5.41, 5.74) is 0. The van der Waals surface area contributed by atoms with Crippen molar-refractivity contribution in [1.29, 1.82) is 0 Å². The monoisotopic (exact) mass is 402 g/mol. The summed E-state index contributed by atoms with van der Waals surface area (Å²) in [6.45, 7) is 4.18. The number of hydrogen-bond acceptors (Lipinski definition) is 0. The fourth-order valence-corrected chi connectivity index (χ4v) is 0.680. The van der Waals surface area contributed by atoms with Gasteiger partial charge in [0, 0.05) is 31.7 Å². The molecular weight excluding hydrogens is 382 g/mol. The SMILES string of the molecule is CC(C)CCl.[C-]1=CC=CC1.[C-]1=CC=CC1.[Hf]. The predicted molar refractivity (Wildman–Crippen MR) is 68.7 cm³/mol. The van der Waals surface area contributed by atoms with Crippen LogP contribution < -0.4 is 0 Å². The maximum absolute atomic E-state index is 5.34. The van der Waals surface area contributed by atoms with Gasteiger partial charge in [0.2, 0.25) is 0 Å². The Kier molecular flexibility index (Phi) is 17.5. The van der Waals surface area contributed by atoms with Gasteiger partial charge in [-0.05, 0) is 5.92 Å². The second kappa shape index (κ2) is 15.1. The van der Waals surface area contributed by atoms with E-state index in [9.17, 15) is 0 Å². The molecule has 0 saturated carbocycles. The van der Waals surface area contributed by atoms with Gasteiger partial charge in [-0.2, -0.15) is 12.2 Å². The molecule has 0 fully saturated rings. The average Bonchev–Trinajstić information content (AvgIpc) is 2.96. The minimum absolute atomic E-state index is 0. The van der Waals surface area contributed by atoms with Gasteiger partial charge in [0.15, 0.2) is 0 Å². The summed E-state index contributed by atoms with van der Waals surface area (Å²) in [5, 5.41) is 0. The van der Waals surface area contributed by atoms with Gasteiger partial charge in [-0.15, -0.1) is 24.4 Å². The minimum atomic E-state index is 0. The summed E-state index contributed by atoms with van der Waals surface area (Å²) >= 11 is 5.34. The van der Waals surface area contributed by atoms with E-state index in [1.165, 1.54) is 0 Å². The first-order valence-electron chi connectivity index (χ1n) is 5.26. The molecule has 0 atom stereocenters. The fourth-order valence-electron chi connectivity index (χ4n) is 0.680. The normalized spacial score (nSPS) is 14.0. The van der Waals surface area contributed by atoms with Crippen LogP contribution in [-0.2, 0) is 25.8 Å². The molecule has 0 aliphatic heterocycles. The van der Waals surface area contributed by atoms with Crippen LogP contribution >= 0.6 is 11.6 Å². The Balaban J connectivity index is 0. The number of allylic oxidation sites excluding steroid dienone is 8. The van der Waals surface area contributed by atoms with Crippen LogP contribution in [0.5, 0.6) is 0 Å². The molecule has 0 bridgehead atoms. The fraction of sp³-hybridized carbons (Fsp3) is 0.429. The minimum Gasteiger partial charge on any atom is -0.273 e. The maximum atomic E-state index is 5.34. The molecule has 2 aliphatic rings. The molecular formula is C14H19ClHf-2. The second-order valence-electron chi connectivity index (χ2n) is 3.55. The quantitative estimate of drug-likeness (QED) is 0.345. The number of rotatable bonds is 1. The van der Waals surface area contributed by atoms with Crippen LogP contribution in [0.15, 0.2) is 36.5 Å². The third kappa shape index (κ3) is 16.5. The van der Waals surface area contributed by atoms with Crippen molar-refractivity contribution in [3.8, 4) is 0 Å². The Morgan fingerprint density at radius 3 is 1.50 bits per heavy atom. The van der Waals surface area contributed by atoms with Gasteiger partial charge in [-0.3, -0.25) is 12.2 Å². The van der Waals surface area contributed by atoms with Gasteiger partial charge in [0.05, 0.1) is 0 Å². The molecule has 16 heavy (non-hydrogen) atoms. The predicted octanol–water partition coefficient (Wildman–Crippen LogP) is 4.49. The van der Waals surface area contributed by atoms with E-state index in [0.29, 0.717) is 5.92 Å². The van der Waals surface area contributed by atoms with E-state index in [-0.39, 0.29) is 25.8 Å². The Labute approximate surface area is 124 Å². The number of hydrogen-bond donors (Lipinski definition) is 0. The van der Waals surface area contributed by atoms with E-state index in [0.717, 1.165) is 18.7 Å². The van der Waals surface area contributed by atoms with Crippen LogP contribution in [-0.4, -0.2) is 5.88 Å². The first-order chi connectivity index (χ1) is 7.27. The van der Waals surface area contributed by atoms with E-state index in [4.69, 9.17) is 11.6 Å². The maximum Gasteiger partial charge on any atom is 0.0246 e. The van der Waals surface area contributed by atoms with Crippen LogP contribution in [0.4, 0.5) is 0 Å². The molecule has 0 saturated heterocycles. The Bertz CT molecular complexity index is 195.